The van der Waals surface area contributed by atoms with Gasteiger partial charge in [-0.05, 0) is 18.9 Å². The SMILES string of the molecule is Cc1conc1COC(=O)N1CCc2ccccc2C1(F)F. The normalized spacial score (nSPS) is 16.2. The fraction of sp³-hybridized carbons (Fsp3) is 0.333. The molecule has 0 fully saturated rings. The van der Waals surface area contributed by atoms with Crippen molar-refractivity contribution in [3.8, 4) is 0 Å². The molecular formula is C15H14F2N2O3. The minimum Gasteiger partial charge on any atom is -0.443 e. The van der Waals surface area contributed by atoms with Crippen molar-refractivity contribution in [1.82, 2.24) is 10.1 Å². The maximum Gasteiger partial charge on any atom is 0.415 e. The van der Waals surface area contributed by atoms with Gasteiger partial charge in [0.05, 0.1) is 0 Å². The molecule has 0 atom stereocenters. The van der Waals surface area contributed by atoms with Crippen LogP contribution in [0.5, 0.6) is 0 Å². The fourth-order valence-corrected chi connectivity index (χ4v) is 2.41. The first-order valence-electron chi connectivity index (χ1n) is 6.80. The Bertz CT molecular complexity index is 700. The first-order valence-corrected chi connectivity index (χ1v) is 6.80. The summed E-state index contributed by atoms with van der Waals surface area (Å²) in [5.74, 6) is 0. The van der Waals surface area contributed by atoms with Gasteiger partial charge in [0.15, 0.2) is 0 Å². The van der Waals surface area contributed by atoms with E-state index in [1.165, 1.54) is 18.4 Å². The van der Waals surface area contributed by atoms with E-state index < -0.39 is 12.1 Å². The Labute approximate surface area is 125 Å². The van der Waals surface area contributed by atoms with Gasteiger partial charge in [-0.15, -0.1) is 0 Å². The van der Waals surface area contributed by atoms with E-state index in [9.17, 15) is 13.6 Å². The molecular weight excluding hydrogens is 294 g/mol. The van der Waals surface area contributed by atoms with Gasteiger partial charge in [-0.3, -0.25) is 0 Å². The van der Waals surface area contributed by atoms with Gasteiger partial charge in [0, 0.05) is 17.7 Å². The highest BCUT2D eigenvalue weighted by atomic mass is 19.3. The van der Waals surface area contributed by atoms with Crippen LogP contribution in [-0.2, 0) is 23.8 Å². The highest BCUT2D eigenvalue weighted by molar-refractivity contribution is 5.69. The van der Waals surface area contributed by atoms with Crippen molar-refractivity contribution in [2.24, 2.45) is 0 Å². The monoisotopic (exact) mass is 308 g/mol. The zero-order valence-corrected chi connectivity index (χ0v) is 11.9. The van der Waals surface area contributed by atoms with E-state index in [1.54, 1.807) is 19.1 Å². The van der Waals surface area contributed by atoms with E-state index in [0.29, 0.717) is 28.1 Å². The fourth-order valence-electron chi connectivity index (χ4n) is 2.41. The van der Waals surface area contributed by atoms with Crippen LogP contribution in [0.2, 0.25) is 0 Å². The van der Waals surface area contributed by atoms with Crippen LogP contribution >= 0.6 is 0 Å². The Morgan fingerprint density at radius 3 is 2.95 bits per heavy atom. The number of halogens is 2. The van der Waals surface area contributed by atoms with Crippen molar-refractivity contribution in [1.29, 1.82) is 0 Å². The summed E-state index contributed by atoms with van der Waals surface area (Å²) in [6.45, 7) is 1.43. The molecule has 7 heteroatoms. The number of aromatic nitrogens is 1. The van der Waals surface area contributed by atoms with Crippen molar-refractivity contribution in [3.63, 3.8) is 0 Å². The zero-order valence-electron chi connectivity index (χ0n) is 11.9. The lowest BCUT2D eigenvalue weighted by molar-refractivity contribution is -0.146. The molecule has 1 aromatic heterocycles. The van der Waals surface area contributed by atoms with E-state index in [-0.39, 0.29) is 18.7 Å². The topological polar surface area (TPSA) is 55.6 Å². The Kier molecular flexibility index (Phi) is 3.56. The number of ether oxygens (including phenoxy) is 1. The molecule has 0 radical (unpaired) electrons. The summed E-state index contributed by atoms with van der Waals surface area (Å²) in [6, 6.07) is 2.82. The molecule has 0 N–H and O–H groups in total. The minimum atomic E-state index is -3.38. The molecule has 1 aliphatic rings. The number of carbonyl (C=O) groups excluding carboxylic acids is 1. The van der Waals surface area contributed by atoms with E-state index in [0.717, 1.165) is 0 Å². The highest BCUT2D eigenvalue weighted by Gasteiger charge is 2.47. The summed E-state index contributed by atoms with van der Waals surface area (Å²) in [6.07, 6.45) is 0.695. The predicted octanol–water partition coefficient (Wildman–Crippen LogP) is 3.23. The molecule has 0 saturated heterocycles. The van der Waals surface area contributed by atoms with Crippen LogP contribution in [0.15, 0.2) is 35.1 Å². The summed E-state index contributed by atoms with van der Waals surface area (Å²) in [5, 5.41) is 3.65. The Morgan fingerprint density at radius 1 is 1.45 bits per heavy atom. The zero-order chi connectivity index (χ0) is 15.7. The molecule has 0 bridgehead atoms. The summed E-state index contributed by atoms with van der Waals surface area (Å²) in [4.78, 5) is 12.4. The average molecular weight is 308 g/mol. The van der Waals surface area contributed by atoms with E-state index in [1.807, 2.05) is 0 Å². The number of rotatable bonds is 2. The molecule has 0 spiro atoms. The number of hydrogen-bond donors (Lipinski definition) is 0. The van der Waals surface area contributed by atoms with Crippen LogP contribution < -0.4 is 0 Å². The highest BCUT2D eigenvalue weighted by Crippen LogP contribution is 2.38. The van der Waals surface area contributed by atoms with Crippen molar-refractivity contribution in [3.05, 3.63) is 52.9 Å². The average Bonchev–Trinajstić information content (AvgIpc) is 2.90. The summed E-state index contributed by atoms with van der Waals surface area (Å²) in [7, 11) is 0. The van der Waals surface area contributed by atoms with Crippen LogP contribution in [0.25, 0.3) is 0 Å². The van der Waals surface area contributed by atoms with Crippen LogP contribution in [0.4, 0.5) is 13.6 Å². The number of nitrogens with zero attached hydrogens (tertiary/aromatic N) is 2. The Morgan fingerprint density at radius 2 is 2.23 bits per heavy atom. The molecule has 1 amide bonds. The van der Waals surface area contributed by atoms with Crippen LogP contribution in [0, 0.1) is 6.92 Å². The summed E-state index contributed by atoms with van der Waals surface area (Å²) >= 11 is 0. The van der Waals surface area contributed by atoms with Gasteiger partial charge in [-0.2, -0.15) is 8.78 Å². The third-order valence-corrected chi connectivity index (χ3v) is 3.69. The molecule has 116 valence electrons. The smallest absolute Gasteiger partial charge is 0.415 e. The molecule has 0 aliphatic carbocycles. The maximum absolute atomic E-state index is 14.4. The van der Waals surface area contributed by atoms with Gasteiger partial charge >= 0.3 is 12.1 Å². The largest absolute Gasteiger partial charge is 0.443 e. The van der Waals surface area contributed by atoms with Gasteiger partial charge in [0.1, 0.15) is 18.6 Å². The van der Waals surface area contributed by atoms with Crippen molar-refractivity contribution >= 4 is 6.09 Å². The number of alkyl halides is 2. The van der Waals surface area contributed by atoms with E-state index in [2.05, 4.69) is 5.16 Å². The number of carbonyl (C=O) groups is 1. The summed E-state index contributed by atoms with van der Waals surface area (Å²) in [5.41, 5.74) is 1.50. The van der Waals surface area contributed by atoms with E-state index >= 15 is 0 Å². The molecule has 0 saturated carbocycles. The van der Waals surface area contributed by atoms with Crippen LogP contribution in [0.3, 0.4) is 0 Å². The van der Waals surface area contributed by atoms with Gasteiger partial charge in [0.2, 0.25) is 0 Å². The first kappa shape index (κ1) is 14.5. The van der Waals surface area contributed by atoms with Crippen molar-refractivity contribution in [2.45, 2.75) is 26.0 Å². The molecule has 22 heavy (non-hydrogen) atoms. The lowest BCUT2D eigenvalue weighted by Gasteiger charge is -2.35. The van der Waals surface area contributed by atoms with E-state index in [4.69, 9.17) is 9.26 Å². The summed E-state index contributed by atoms with van der Waals surface area (Å²) < 4.78 is 38.5. The van der Waals surface area contributed by atoms with Crippen LogP contribution in [0.1, 0.15) is 22.4 Å². The third-order valence-electron chi connectivity index (χ3n) is 3.69. The third kappa shape index (κ3) is 2.43. The number of aryl methyl sites for hydroxylation is 1. The second-order valence-corrected chi connectivity index (χ2v) is 5.10. The molecule has 1 aliphatic heterocycles. The van der Waals surface area contributed by atoms with Gasteiger partial charge in [-0.1, -0.05) is 29.4 Å². The number of fused-ring (bicyclic) bond motifs is 1. The molecule has 0 unspecified atom stereocenters. The quantitative estimate of drug-likeness (QED) is 0.799. The number of benzene rings is 1. The van der Waals surface area contributed by atoms with Gasteiger partial charge in [0.25, 0.3) is 0 Å². The molecule has 3 rings (SSSR count). The Balaban J connectivity index is 1.75. The number of hydrogen-bond acceptors (Lipinski definition) is 4. The predicted molar refractivity (Wildman–Crippen MR) is 72.2 cm³/mol. The van der Waals surface area contributed by atoms with Crippen LogP contribution in [-0.4, -0.2) is 22.7 Å². The molecule has 2 aromatic rings. The molecule has 2 heterocycles. The first-order chi connectivity index (χ1) is 10.5. The van der Waals surface area contributed by atoms with Crippen molar-refractivity contribution < 1.29 is 22.8 Å². The van der Waals surface area contributed by atoms with Gasteiger partial charge in [-0.25, -0.2) is 9.69 Å². The van der Waals surface area contributed by atoms with Crippen molar-refractivity contribution in [2.75, 3.05) is 6.54 Å². The second kappa shape index (κ2) is 5.40. The second-order valence-electron chi connectivity index (χ2n) is 5.10. The Hall–Kier alpha value is -2.44. The molecule has 5 nitrogen and oxygen atoms in total. The lowest BCUT2D eigenvalue weighted by Crippen LogP contribution is -2.48. The maximum atomic E-state index is 14.4. The molecule has 1 aromatic carbocycles. The number of amides is 1. The minimum absolute atomic E-state index is 0.0966. The standard InChI is InChI=1S/C15H14F2N2O3/c1-10-8-22-18-13(10)9-21-14(20)19-7-6-11-4-2-3-5-12(11)15(19,16)17/h2-5,8H,6-7,9H2,1H3. The lowest BCUT2D eigenvalue weighted by atomic mass is 9.98. The van der Waals surface area contributed by atoms with Gasteiger partial charge < -0.3 is 9.26 Å².